The number of unbranched alkanes of at least 4 members (excludes halogenated alkanes) is 2. The Labute approximate surface area is 206 Å². The molecule has 6 heteroatoms. The van der Waals surface area contributed by atoms with E-state index in [2.05, 4.69) is 6.92 Å². The molecule has 0 fully saturated rings. The van der Waals surface area contributed by atoms with Gasteiger partial charge in [-0.1, -0.05) is 44.0 Å². The Morgan fingerprint density at radius 3 is 1.97 bits per heavy atom. The Morgan fingerprint density at radius 1 is 0.694 bits per heavy atom. The van der Waals surface area contributed by atoms with Crippen LogP contribution in [0.1, 0.15) is 48.4 Å². The van der Waals surface area contributed by atoms with Crippen LogP contribution in [0.4, 0.5) is 22.0 Å². The smallest absolute Gasteiger partial charge is 0.144 e. The van der Waals surface area contributed by atoms with Gasteiger partial charge in [-0.2, -0.15) is 5.26 Å². The lowest BCUT2D eigenvalue weighted by Gasteiger charge is -2.11. The van der Waals surface area contributed by atoms with Gasteiger partial charge < -0.3 is 0 Å². The molecule has 184 valence electrons. The number of nitriles is 1. The molecule has 0 radical (unpaired) electrons. The quantitative estimate of drug-likeness (QED) is 0.178. The van der Waals surface area contributed by atoms with Gasteiger partial charge in [-0.25, -0.2) is 22.0 Å². The topological polar surface area (TPSA) is 23.8 Å². The summed E-state index contributed by atoms with van der Waals surface area (Å²) < 4.78 is 72.6. The van der Waals surface area contributed by atoms with Crippen LogP contribution in [0.2, 0.25) is 0 Å². The summed E-state index contributed by atoms with van der Waals surface area (Å²) in [4.78, 5) is 0. The molecule has 4 rings (SSSR count). The summed E-state index contributed by atoms with van der Waals surface area (Å²) in [5, 5.41) is 9.55. The molecule has 1 nitrogen and oxygen atoms in total. The molecule has 0 saturated carbocycles. The third-order valence-corrected chi connectivity index (χ3v) is 6.39. The fraction of sp³-hybridized carbons (Fsp3) is 0.233. The molecule has 0 atom stereocenters. The van der Waals surface area contributed by atoms with Crippen LogP contribution in [0.3, 0.4) is 0 Å². The van der Waals surface area contributed by atoms with Crippen molar-refractivity contribution < 1.29 is 22.0 Å². The van der Waals surface area contributed by atoms with Crippen LogP contribution in [-0.4, -0.2) is 0 Å². The Morgan fingerprint density at radius 2 is 1.33 bits per heavy atom. The van der Waals surface area contributed by atoms with E-state index >= 15 is 4.39 Å². The van der Waals surface area contributed by atoms with E-state index in [1.54, 1.807) is 18.2 Å². The van der Waals surface area contributed by atoms with Gasteiger partial charge in [0.05, 0.1) is 5.56 Å². The van der Waals surface area contributed by atoms with Crippen molar-refractivity contribution in [1.82, 2.24) is 0 Å². The number of rotatable bonds is 8. The summed E-state index contributed by atoms with van der Waals surface area (Å²) in [5.41, 5.74) is 0.780. The van der Waals surface area contributed by atoms with Gasteiger partial charge in [0.1, 0.15) is 40.7 Å². The van der Waals surface area contributed by atoms with E-state index in [0.29, 0.717) is 34.1 Å². The van der Waals surface area contributed by atoms with Crippen molar-refractivity contribution in [2.45, 2.75) is 45.4 Å². The summed E-state index contributed by atoms with van der Waals surface area (Å²) >= 11 is 0. The zero-order valence-corrected chi connectivity index (χ0v) is 19.8. The first kappa shape index (κ1) is 25.4. The Balaban J connectivity index is 1.58. The van der Waals surface area contributed by atoms with Crippen LogP contribution in [0.5, 0.6) is 0 Å². The van der Waals surface area contributed by atoms with E-state index in [4.69, 9.17) is 5.26 Å². The molecular weight excluding hydrogens is 469 g/mol. The molecule has 0 unspecified atom stereocenters. The Bertz CT molecular complexity index is 1420. The molecular formula is C30H24F5N. The summed E-state index contributed by atoms with van der Waals surface area (Å²) in [5.74, 6) is -3.71. The van der Waals surface area contributed by atoms with Gasteiger partial charge in [0.2, 0.25) is 0 Å². The number of fused-ring (bicyclic) bond motifs is 1. The highest BCUT2D eigenvalue weighted by atomic mass is 19.1. The maximum absolute atomic E-state index is 15.2. The third kappa shape index (κ3) is 5.26. The van der Waals surface area contributed by atoms with Crippen LogP contribution in [-0.2, 0) is 19.3 Å². The molecule has 4 aromatic carbocycles. The van der Waals surface area contributed by atoms with E-state index in [0.717, 1.165) is 31.4 Å². The van der Waals surface area contributed by atoms with Gasteiger partial charge in [-0.05, 0) is 83.7 Å². The molecule has 0 amide bonds. The fourth-order valence-corrected chi connectivity index (χ4v) is 4.47. The predicted molar refractivity (Wildman–Crippen MR) is 131 cm³/mol. The maximum atomic E-state index is 15.2. The molecule has 36 heavy (non-hydrogen) atoms. The highest BCUT2D eigenvalue weighted by Gasteiger charge is 2.16. The van der Waals surface area contributed by atoms with E-state index < -0.39 is 34.6 Å². The van der Waals surface area contributed by atoms with Crippen LogP contribution < -0.4 is 0 Å². The zero-order chi connectivity index (χ0) is 25.8. The largest absolute Gasteiger partial charge is 0.206 e. The molecule has 4 aromatic rings. The van der Waals surface area contributed by atoms with Crippen molar-refractivity contribution in [2.24, 2.45) is 0 Å². The minimum Gasteiger partial charge on any atom is -0.206 e. The maximum Gasteiger partial charge on any atom is 0.144 e. The van der Waals surface area contributed by atoms with Crippen molar-refractivity contribution in [1.29, 1.82) is 5.26 Å². The van der Waals surface area contributed by atoms with Crippen molar-refractivity contribution in [3.05, 3.63) is 106 Å². The molecule has 0 aromatic heterocycles. The molecule has 0 N–H and O–H groups in total. The summed E-state index contributed by atoms with van der Waals surface area (Å²) in [6, 6.07) is 14.1. The lowest BCUT2D eigenvalue weighted by Crippen LogP contribution is -1.99. The first-order valence-electron chi connectivity index (χ1n) is 11.9. The van der Waals surface area contributed by atoms with E-state index in [1.165, 1.54) is 30.3 Å². The van der Waals surface area contributed by atoms with E-state index in [9.17, 15) is 17.6 Å². The van der Waals surface area contributed by atoms with Crippen LogP contribution in [0, 0.1) is 40.4 Å². The van der Waals surface area contributed by atoms with Gasteiger partial charge >= 0.3 is 0 Å². The number of hydrogen-bond donors (Lipinski definition) is 0. The van der Waals surface area contributed by atoms with Crippen LogP contribution in [0.15, 0.2) is 54.6 Å². The summed E-state index contributed by atoms with van der Waals surface area (Å²) in [6.45, 7) is 2.06. The van der Waals surface area contributed by atoms with Crippen LogP contribution >= 0.6 is 0 Å². The monoisotopic (exact) mass is 493 g/mol. The van der Waals surface area contributed by atoms with E-state index in [1.807, 2.05) is 0 Å². The molecule has 0 saturated heterocycles. The highest BCUT2D eigenvalue weighted by molar-refractivity contribution is 5.88. The number of halogens is 5. The summed E-state index contributed by atoms with van der Waals surface area (Å²) in [7, 11) is 0. The molecule has 0 bridgehead atoms. The minimum absolute atomic E-state index is 0.148. The average Bonchev–Trinajstić information content (AvgIpc) is 2.83. The second-order valence-corrected chi connectivity index (χ2v) is 8.91. The lowest BCUT2D eigenvalue weighted by molar-refractivity contribution is 0.572. The standard InChI is InChI=1S/C30H24F5N/c1-2-3-4-5-18-14-27(33)29(28(34)15-18)22-10-11-23-21(16-22)9-8-20(30(23)35)7-6-19-12-25(31)24(17-36)26(32)13-19/h8-16H,2-7H2,1H3. The number of benzene rings is 4. The lowest BCUT2D eigenvalue weighted by atomic mass is 9.95. The average molecular weight is 494 g/mol. The molecule has 0 heterocycles. The first-order valence-corrected chi connectivity index (χ1v) is 11.9. The second-order valence-electron chi connectivity index (χ2n) is 8.91. The minimum atomic E-state index is -0.951. The normalized spacial score (nSPS) is 11.1. The zero-order valence-electron chi connectivity index (χ0n) is 19.8. The summed E-state index contributed by atoms with van der Waals surface area (Å²) in [6.07, 6.45) is 3.82. The van der Waals surface area contributed by atoms with Gasteiger partial charge in [-0.15, -0.1) is 0 Å². The molecule has 0 aliphatic heterocycles. The first-order chi connectivity index (χ1) is 17.3. The van der Waals surface area contributed by atoms with E-state index in [-0.39, 0.29) is 23.8 Å². The van der Waals surface area contributed by atoms with Gasteiger partial charge in [0.25, 0.3) is 0 Å². The fourth-order valence-electron chi connectivity index (χ4n) is 4.47. The van der Waals surface area contributed by atoms with Crippen molar-refractivity contribution in [2.75, 3.05) is 0 Å². The van der Waals surface area contributed by atoms with Crippen molar-refractivity contribution in [3.63, 3.8) is 0 Å². The molecule has 0 aliphatic rings. The Hall–Kier alpha value is -3.72. The van der Waals surface area contributed by atoms with Crippen molar-refractivity contribution >= 4 is 10.8 Å². The van der Waals surface area contributed by atoms with Gasteiger partial charge in [0, 0.05) is 5.39 Å². The Kier molecular flexibility index (Phi) is 7.69. The van der Waals surface area contributed by atoms with Crippen LogP contribution in [0.25, 0.3) is 21.9 Å². The molecule has 0 spiro atoms. The van der Waals surface area contributed by atoms with Gasteiger partial charge in [0.15, 0.2) is 0 Å². The third-order valence-electron chi connectivity index (χ3n) is 6.39. The number of aryl methyl sites for hydroxylation is 3. The van der Waals surface area contributed by atoms with Gasteiger partial charge in [-0.3, -0.25) is 0 Å². The number of hydrogen-bond acceptors (Lipinski definition) is 1. The highest BCUT2D eigenvalue weighted by Crippen LogP contribution is 2.32. The van der Waals surface area contributed by atoms with Crippen molar-refractivity contribution in [3.8, 4) is 17.2 Å². The number of nitrogens with zero attached hydrogens (tertiary/aromatic N) is 1. The SMILES string of the molecule is CCCCCc1cc(F)c(-c2ccc3c(F)c(CCc4cc(F)c(C#N)c(F)c4)ccc3c2)c(F)c1. The molecule has 0 aliphatic carbocycles. The second kappa shape index (κ2) is 10.9. The predicted octanol–water partition coefficient (Wildman–Crippen LogP) is 8.59.